The van der Waals surface area contributed by atoms with Crippen LogP contribution in [0.15, 0.2) is 12.2 Å². The van der Waals surface area contributed by atoms with Crippen molar-refractivity contribution in [1.82, 2.24) is 0 Å². The fraction of sp³-hybridized carbons (Fsp3) is 0.750. The lowest BCUT2D eigenvalue weighted by atomic mass is 9.91. The Labute approximate surface area is 86.3 Å². The predicted octanol–water partition coefficient (Wildman–Crippen LogP) is 3.08. The van der Waals surface area contributed by atoms with E-state index in [1.807, 2.05) is 6.08 Å². The lowest BCUT2D eigenvalue weighted by Crippen LogP contribution is -2.02. The smallest absolute Gasteiger partial charge is 0.330 e. The van der Waals surface area contributed by atoms with Gasteiger partial charge in [0.25, 0.3) is 0 Å². The zero-order valence-electron chi connectivity index (χ0n) is 9.00. The van der Waals surface area contributed by atoms with Gasteiger partial charge in [0.05, 0.1) is 7.11 Å². The average molecular weight is 196 g/mol. The minimum Gasteiger partial charge on any atom is -0.466 e. The van der Waals surface area contributed by atoms with E-state index in [0.29, 0.717) is 5.92 Å². The van der Waals surface area contributed by atoms with Crippen LogP contribution in [0.4, 0.5) is 0 Å². The van der Waals surface area contributed by atoms with Crippen molar-refractivity contribution in [2.24, 2.45) is 5.92 Å². The minimum atomic E-state index is -0.230. The van der Waals surface area contributed by atoms with E-state index in [0.717, 1.165) is 0 Å². The van der Waals surface area contributed by atoms with Crippen LogP contribution in [-0.4, -0.2) is 13.1 Å². The first-order valence-electron chi connectivity index (χ1n) is 5.59. The van der Waals surface area contributed by atoms with Crippen molar-refractivity contribution in [3.05, 3.63) is 12.2 Å². The van der Waals surface area contributed by atoms with Gasteiger partial charge >= 0.3 is 5.97 Å². The Morgan fingerprint density at radius 3 is 2.29 bits per heavy atom. The quantitative estimate of drug-likeness (QED) is 0.501. The fourth-order valence-electron chi connectivity index (χ4n) is 1.96. The highest BCUT2D eigenvalue weighted by Crippen LogP contribution is 2.22. The van der Waals surface area contributed by atoms with Gasteiger partial charge < -0.3 is 4.74 Å². The Morgan fingerprint density at radius 1 is 1.14 bits per heavy atom. The molecule has 2 nitrogen and oxygen atoms in total. The number of carbonyl (C=O) groups is 1. The first kappa shape index (κ1) is 11.3. The highest BCUT2D eigenvalue weighted by Gasteiger charge is 2.08. The molecule has 0 spiro atoms. The van der Waals surface area contributed by atoms with E-state index in [-0.39, 0.29) is 5.97 Å². The van der Waals surface area contributed by atoms with Gasteiger partial charge in [-0.2, -0.15) is 0 Å². The maximum Gasteiger partial charge on any atom is 0.330 e. The number of carbonyl (C=O) groups excluding carboxylic acids is 1. The van der Waals surface area contributed by atoms with Crippen LogP contribution < -0.4 is 0 Å². The molecule has 0 heterocycles. The molecule has 0 radical (unpaired) electrons. The summed E-state index contributed by atoms with van der Waals surface area (Å²) in [5.74, 6) is 0.362. The molecule has 0 aromatic carbocycles. The second-order valence-electron chi connectivity index (χ2n) is 3.99. The van der Waals surface area contributed by atoms with Gasteiger partial charge in [0.15, 0.2) is 0 Å². The first-order chi connectivity index (χ1) is 6.83. The second-order valence-corrected chi connectivity index (χ2v) is 3.99. The van der Waals surface area contributed by atoms with Gasteiger partial charge in [0.1, 0.15) is 0 Å². The molecule has 0 saturated heterocycles. The number of ether oxygens (including phenoxy) is 1. The summed E-state index contributed by atoms with van der Waals surface area (Å²) in [5.41, 5.74) is 0. The Balaban J connectivity index is 2.33. The highest BCUT2D eigenvalue weighted by atomic mass is 16.5. The third-order valence-corrected chi connectivity index (χ3v) is 2.86. The van der Waals surface area contributed by atoms with Crippen LogP contribution in [0.25, 0.3) is 0 Å². The summed E-state index contributed by atoms with van der Waals surface area (Å²) in [7, 11) is 1.42. The van der Waals surface area contributed by atoms with E-state index >= 15 is 0 Å². The van der Waals surface area contributed by atoms with Gasteiger partial charge in [-0.1, -0.05) is 38.2 Å². The number of hydrogen-bond acceptors (Lipinski definition) is 2. The standard InChI is InChI=1S/C12H20O2/c1-14-12(13)10-9-11-7-5-3-2-4-6-8-11/h9-11H,2-8H2,1H3/b10-9-. The molecule has 1 aliphatic carbocycles. The van der Waals surface area contributed by atoms with Crippen LogP contribution in [0.2, 0.25) is 0 Å². The molecule has 0 bridgehead atoms. The van der Waals surface area contributed by atoms with E-state index in [9.17, 15) is 4.79 Å². The van der Waals surface area contributed by atoms with Crippen LogP contribution in [0.5, 0.6) is 0 Å². The van der Waals surface area contributed by atoms with Crippen molar-refractivity contribution in [1.29, 1.82) is 0 Å². The predicted molar refractivity (Wildman–Crippen MR) is 57.0 cm³/mol. The highest BCUT2D eigenvalue weighted by molar-refractivity contribution is 5.81. The zero-order valence-corrected chi connectivity index (χ0v) is 9.00. The van der Waals surface area contributed by atoms with E-state index in [1.165, 1.54) is 52.1 Å². The molecule has 1 fully saturated rings. The van der Waals surface area contributed by atoms with Gasteiger partial charge in [-0.15, -0.1) is 0 Å². The van der Waals surface area contributed by atoms with Crippen molar-refractivity contribution >= 4 is 5.97 Å². The minimum absolute atomic E-state index is 0.230. The number of esters is 1. The maximum absolute atomic E-state index is 10.9. The summed E-state index contributed by atoms with van der Waals surface area (Å²) in [5, 5.41) is 0. The third-order valence-electron chi connectivity index (χ3n) is 2.86. The largest absolute Gasteiger partial charge is 0.466 e. The van der Waals surface area contributed by atoms with Gasteiger partial charge in [-0.05, 0) is 18.8 Å². The Hall–Kier alpha value is -0.790. The van der Waals surface area contributed by atoms with Crippen molar-refractivity contribution in [3.63, 3.8) is 0 Å². The molecule has 0 aromatic rings. The molecule has 0 aliphatic heterocycles. The van der Waals surface area contributed by atoms with E-state index < -0.39 is 0 Å². The molecule has 1 rings (SSSR count). The molecular formula is C12H20O2. The Bertz CT molecular complexity index is 188. The van der Waals surface area contributed by atoms with Crippen LogP contribution >= 0.6 is 0 Å². The molecule has 1 aliphatic rings. The lowest BCUT2D eigenvalue weighted by molar-refractivity contribution is -0.134. The Kier molecular flexibility index (Phi) is 5.35. The van der Waals surface area contributed by atoms with Crippen LogP contribution in [0, 0.1) is 5.92 Å². The van der Waals surface area contributed by atoms with Crippen LogP contribution in [-0.2, 0) is 9.53 Å². The molecule has 80 valence electrons. The summed E-state index contributed by atoms with van der Waals surface area (Å²) in [6, 6.07) is 0. The van der Waals surface area contributed by atoms with Gasteiger partial charge in [-0.25, -0.2) is 4.79 Å². The molecule has 0 atom stereocenters. The summed E-state index contributed by atoms with van der Waals surface area (Å²) in [6.07, 6.45) is 12.7. The summed E-state index contributed by atoms with van der Waals surface area (Å²) < 4.78 is 4.57. The van der Waals surface area contributed by atoms with Gasteiger partial charge in [0, 0.05) is 6.08 Å². The third kappa shape index (κ3) is 4.45. The van der Waals surface area contributed by atoms with E-state index in [1.54, 1.807) is 6.08 Å². The first-order valence-corrected chi connectivity index (χ1v) is 5.59. The zero-order chi connectivity index (χ0) is 10.2. The van der Waals surface area contributed by atoms with Crippen LogP contribution in [0.3, 0.4) is 0 Å². The molecule has 0 unspecified atom stereocenters. The molecular weight excluding hydrogens is 176 g/mol. The number of methoxy groups -OCH3 is 1. The molecule has 0 aromatic heterocycles. The molecule has 0 N–H and O–H groups in total. The monoisotopic (exact) mass is 196 g/mol. The van der Waals surface area contributed by atoms with Crippen molar-refractivity contribution < 1.29 is 9.53 Å². The normalized spacial score (nSPS) is 20.4. The van der Waals surface area contributed by atoms with Crippen molar-refractivity contribution in [2.75, 3.05) is 7.11 Å². The van der Waals surface area contributed by atoms with Crippen molar-refractivity contribution in [2.45, 2.75) is 44.9 Å². The molecule has 1 saturated carbocycles. The lowest BCUT2D eigenvalue weighted by Gasteiger charge is -2.15. The van der Waals surface area contributed by atoms with Gasteiger partial charge in [-0.3, -0.25) is 0 Å². The van der Waals surface area contributed by atoms with E-state index in [4.69, 9.17) is 0 Å². The maximum atomic E-state index is 10.9. The summed E-state index contributed by atoms with van der Waals surface area (Å²) in [6.45, 7) is 0. The second kappa shape index (κ2) is 6.63. The fourth-order valence-corrected chi connectivity index (χ4v) is 1.96. The molecule has 0 amide bonds. The SMILES string of the molecule is COC(=O)/C=C\C1CCCCCCC1. The van der Waals surface area contributed by atoms with Gasteiger partial charge in [0.2, 0.25) is 0 Å². The molecule has 14 heavy (non-hydrogen) atoms. The number of allylic oxidation sites excluding steroid dienone is 1. The topological polar surface area (TPSA) is 26.3 Å². The summed E-state index contributed by atoms with van der Waals surface area (Å²) in [4.78, 5) is 10.9. The number of hydrogen-bond donors (Lipinski definition) is 0. The van der Waals surface area contributed by atoms with E-state index in [2.05, 4.69) is 4.74 Å². The molecule has 2 heteroatoms. The summed E-state index contributed by atoms with van der Waals surface area (Å²) >= 11 is 0. The van der Waals surface area contributed by atoms with Crippen LogP contribution in [0.1, 0.15) is 44.9 Å². The van der Waals surface area contributed by atoms with Crippen molar-refractivity contribution in [3.8, 4) is 0 Å². The Morgan fingerprint density at radius 2 is 1.71 bits per heavy atom. The average Bonchev–Trinajstić information content (AvgIpc) is 2.15. The number of rotatable bonds is 2.